The molecular formula is C19H16F2N4O. The van der Waals surface area contributed by atoms with Gasteiger partial charge in [-0.05, 0) is 24.6 Å². The monoisotopic (exact) mass is 354 g/mol. The zero-order chi connectivity index (χ0) is 18.5. The fraction of sp³-hybridized carbons (Fsp3) is 0.105. The van der Waals surface area contributed by atoms with Crippen molar-refractivity contribution in [2.45, 2.75) is 13.5 Å². The molecule has 1 aromatic heterocycles. The van der Waals surface area contributed by atoms with Crippen LogP contribution in [0.25, 0.3) is 0 Å². The molecule has 2 aromatic carbocycles. The lowest BCUT2D eigenvalue weighted by molar-refractivity contribution is 0.0945. The van der Waals surface area contributed by atoms with Gasteiger partial charge < -0.3 is 10.6 Å². The van der Waals surface area contributed by atoms with E-state index in [1.165, 1.54) is 18.5 Å². The van der Waals surface area contributed by atoms with E-state index >= 15 is 0 Å². The van der Waals surface area contributed by atoms with Gasteiger partial charge in [-0.2, -0.15) is 0 Å². The Balaban J connectivity index is 1.62. The van der Waals surface area contributed by atoms with E-state index in [4.69, 9.17) is 0 Å². The van der Waals surface area contributed by atoms with E-state index in [0.717, 1.165) is 23.3 Å². The first-order valence-electron chi connectivity index (χ1n) is 7.89. The van der Waals surface area contributed by atoms with Crippen LogP contribution >= 0.6 is 0 Å². The number of amides is 1. The van der Waals surface area contributed by atoms with Crippen LogP contribution < -0.4 is 10.6 Å². The van der Waals surface area contributed by atoms with Crippen molar-refractivity contribution in [3.63, 3.8) is 0 Å². The Morgan fingerprint density at radius 3 is 2.62 bits per heavy atom. The molecule has 0 spiro atoms. The van der Waals surface area contributed by atoms with Gasteiger partial charge in [0.2, 0.25) is 0 Å². The minimum atomic E-state index is -0.744. The zero-order valence-corrected chi connectivity index (χ0v) is 14.0. The summed E-state index contributed by atoms with van der Waals surface area (Å²) in [6.45, 7) is 2.36. The highest BCUT2D eigenvalue weighted by Crippen LogP contribution is 2.18. The molecule has 7 heteroatoms. The first kappa shape index (κ1) is 17.5. The number of hydrogen-bond acceptors (Lipinski definition) is 4. The Labute approximate surface area is 149 Å². The summed E-state index contributed by atoms with van der Waals surface area (Å²) in [5.74, 6) is -1.53. The number of carbonyl (C=O) groups excluding carboxylic acids is 1. The number of halogens is 2. The first-order valence-corrected chi connectivity index (χ1v) is 7.89. The molecule has 0 radical (unpaired) electrons. The second-order valence-corrected chi connectivity index (χ2v) is 5.71. The minimum Gasteiger partial charge on any atom is -0.347 e. The molecule has 5 nitrogen and oxygen atoms in total. The van der Waals surface area contributed by atoms with E-state index < -0.39 is 11.6 Å². The molecule has 0 aliphatic heterocycles. The zero-order valence-electron chi connectivity index (χ0n) is 14.0. The number of nitrogens with zero attached hydrogens (tertiary/aromatic N) is 2. The van der Waals surface area contributed by atoms with Crippen molar-refractivity contribution in [1.82, 2.24) is 15.3 Å². The van der Waals surface area contributed by atoms with E-state index in [9.17, 15) is 13.6 Å². The lowest BCUT2D eigenvalue weighted by Crippen LogP contribution is -2.24. The fourth-order valence-corrected chi connectivity index (χ4v) is 2.33. The number of hydrogen-bond donors (Lipinski definition) is 2. The van der Waals surface area contributed by atoms with Crippen LogP contribution in [-0.2, 0) is 6.54 Å². The number of anilines is 2. The van der Waals surface area contributed by atoms with Crippen molar-refractivity contribution in [3.05, 3.63) is 83.3 Å². The van der Waals surface area contributed by atoms with Gasteiger partial charge in [0.1, 0.15) is 23.1 Å². The third-order valence-corrected chi connectivity index (χ3v) is 3.61. The van der Waals surface area contributed by atoms with Crippen LogP contribution in [0.4, 0.5) is 20.3 Å². The molecule has 0 fully saturated rings. The first-order chi connectivity index (χ1) is 12.5. The van der Waals surface area contributed by atoms with Gasteiger partial charge in [-0.1, -0.05) is 29.8 Å². The summed E-state index contributed by atoms with van der Waals surface area (Å²) in [6, 6.07) is 11.0. The normalized spacial score (nSPS) is 10.4. The second-order valence-electron chi connectivity index (χ2n) is 5.71. The lowest BCUT2D eigenvalue weighted by atomic mass is 10.1. The molecule has 0 atom stereocenters. The van der Waals surface area contributed by atoms with Crippen molar-refractivity contribution in [2.24, 2.45) is 0 Å². The van der Waals surface area contributed by atoms with Crippen molar-refractivity contribution in [3.8, 4) is 0 Å². The van der Waals surface area contributed by atoms with E-state index in [2.05, 4.69) is 20.6 Å². The average Bonchev–Trinajstić information content (AvgIpc) is 2.63. The topological polar surface area (TPSA) is 66.9 Å². The predicted octanol–water partition coefficient (Wildman–Crippen LogP) is 3.74. The molecule has 3 aromatic rings. The number of rotatable bonds is 5. The molecule has 26 heavy (non-hydrogen) atoms. The SMILES string of the molecule is Cc1cccc(CNC(=O)c2cnc(Nc3ccc(F)cc3F)cn2)c1. The summed E-state index contributed by atoms with van der Waals surface area (Å²) < 4.78 is 26.5. The largest absolute Gasteiger partial charge is 0.347 e. The number of carbonyl (C=O) groups is 1. The highest BCUT2D eigenvalue weighted by molar-refractivity contribution is 5.92. The maximum atomic E-state index is 13.6. The Kier molecular flexibility index (Phi) is 5.17. The van der Waals surface area contributed by atoms with Gasteiger partial charge in [-0.3, -0.25) is 4.79 Å². The summed E-state index contributed by atoms with van der Waals surface area (Å²) in [4.78, 5) is 20.2. The van der Waals surface area contributed by atoms with Crippen LogP contribution in [0.3, 0.4) is 0 Å². The molecule has 2 N–H and O–H groups in total. The molecular weight excluding hydrogens is 338 g/mol. The van der Waals surface area contributed by atoms with Gasteiger partial charge in [-0.15, -0.1) is 0 Å². The molecule has 0 saturated heterocycles. The Morgan fingerprint density at radius 1 is 1.08 bits per heavy atom. The second kappa shape index (κ2) is 7.69. The van der Waals surface area contributed by atoms with Crippen LogP contribution in [0.2, 0.25) is 0 Å². The summed E-state index contributed by atoms with van der Waals surface area (Å²) in [5.41, 5.74) is 2.30. The standard InChI is InChI=1S/C19H16F2N4O/c1-12-3-2-4-13(7-12)9-24-19(26)17-10-23-18(11-22-17)25-16-6-5-14(20)8-15(16)21/h2-8,10-11H,9H2,1H3,(H,23,25)(H,24,26). The molecule has 0 aliphatic carbocycles. The van der Waals surface area contributed by atoms with E-state index in [1.807, 2.05) is 31.2 Å². The van der Waals surface area contributed by atoms with Crippen LogP contribution in [0, 0.1) is 18.6 Å². The molecule has 0 bridgehead atoms. The summed E-state index contributed by atoms with van der Waals surface area (Å²) in [7, 11) is 0. The van der Waals surface area contributed by atoms with Gasteiger partial charge in [0.15, 0.2) is 0 Å². The Bertz CT molecular complexity index is 929. The van der Waals surface area contributed by atoms with Crippen LogP contribution in [-0.4, -0.2) is 15.9 Å². The average molecular weight is 354 g/mol. The van der Waals surface area contributed by atoms with Crippen molar-refractivity contribution < 1.29 is 13.6 Å². The maximum Gasteiger partial charge on any atom is 0.271 e. The fourth-order valence-electron chi connectivity index (χ4n) is 2.33. The minimum absolute atomic E-state index is 0.0670. The lowest BCUT2D eigenvalue weighted by Gasteiger charge is -2.08. The van der Waals surface area contributed by atoms with E-state index in [0.29, 0.717) is 6.54 Å². The Morgan fingerprint density at radius 2 is 1.92 bits per heavy atom. The molecule has 1 amide bonds. The number of aryl methyl sites for hydroxylation is 1. The van der Waals surface area contributed by atoms with Crippen LogP contribution in [0.5, 0.6) is 0 Å². The number of nitrogens with one attached hydrogen (secondary N) is 2. The maximum absolute atomic E-state index is 13.6. The summed E-state index contributed by atoms with van der Waals surface area (Å²) >= 11 is 0. The van der Waals surface area contributed by atoms with Gasteiger partial charge in [-0.25, -0.2) is 18.7 Å². The number of aromatic nitrogens is 2. The highest BCUT2D eigenvalue weighted by atomic mass is 19.1. The van der Waals surface area contributed by atoms with Crippen molar-refractivity contribution >= 4 is 17.4 Å². The molecule has 0 saturated carbocycles. The van der Waals surface area contributed by atoms with Crippen LogP contribution in [0.15, 0.2) is 54.9 Å². The quantitative estimate of drug-likeness (QED) is 0.733. The third-order valence-electron chi connectivity index (χ3n) is 3.61. The summed E-state index contributed by atoms with van der Waals surface area (Å²) in [6.07, 6.45) is 2.60. The smallest absolute Gasteiger partial charge is 0.271 e. The van der Waals surface area contributed by atoms with E-state index in [-0.39, 0.29) is 23.1 Å². The van der Waals surface area contributed by atoms with Gasteiger partial charge in [0, 0.05) is 12.6 Å². The predicted molar refractivity (Wildman–Crippen MR) is 94.0 cm³/mol. The van der Waals surface area contributed by atoms with Gasteiger partial charge >= 0.3 is 0 Å². The highest BCUT2D eigenvalue weighted by Gasteiger charge is 2.09. The third kappa shape index (κ3) is 4.38. The number of benzene rings is 2. The molecule has 3 rings (SSSR count). The summed E-state index contributed by atoms with van der Waals surface area (Å²) in [5, 5.41) is 5.45. The molecule has 1 heterocycles. The molecule has 0 aliphatic rings. The van der Waals surface area contributed by atoms with Gasteiger partial charge in [0.25, 0.3) is 5.91 Å². The van der Waals surface area contributed by atoms with Gasteiger partial charge in [0.05, 0.1) is 18.1 Å². The molecule has 132 valence electrons. The van der Waals surface area contributed by atoms with Crippen molar-refractivity contribution in [2.75, 3.05) is 5.32 Å². The van der Waals surface area contributed by atoms with Crippen molar-refractivity contribution in [1.29, 1.82) is 0 Å². The molecule has 0 unspecified atom stereocenters. The Hall–Kier alpha value is -3.35. The van der Waals surface area contributed by atoms with E-state index in [1.54, 1.807) is 0 Å². The van der Waals surface area contributed by atoms with Crippen LogP contribution in [0.1, 0.15) is 21.6 Å².